The first-order valence-electron chi connectivity index (χ1n) is 2.33. The number of aromatic nitrogens is 2. The first kappa shape index (κ1) is 6.00. The van der Waals surface area contributed by atoms with Crippen molar-refractivity contribution in [2.24, 2.45) is 7.05 Å². The second-order valence-corrected chi connectivity index (χ2v) is 1.68. The predicted molar refractivity (Wildman–Crippen MR) is 31.9 cm³/mol. The van der Waals surface area contributed by atoms with Crippen molar-refractivity contribution in [2.75, 3.05) is 0 Å². The predicted octanol–water partition coefficient (Wildman–Crippen LogP) is -1.37. The molecule has 0 saturated heterocycles. The average molecular weight is 124 g/mol. The van der Waals surface area contributed by atoms with Gasteiger partial charge >= 0.3 is 0 Å². The standard InChI is InChI=1S/C4H5BN2O2/c1-7-3(9)2(8)6-4(7)5/h8-9H,1H3. The first-order valence-corrected chi connectivity index (χ1v) is 2.33. The number of hydrogen-bond donors (Lipinski definition) is 2. The van der Waals surface area contributed by atoms with Crippen LogP contribution in [0.15, 0.2) is 0 Å². The monoisotopic (exact) mass is 124 g/mol. The Bertz CT molecular complexity index is 210. The van der Waals surface area contributed by atoms with Gasteiger partial charge in [0.1, 0.15) is 0 Å². The number of aromatic hydroxyl groups is 2. The van der Waals surface area contributed by atoms with Gasteiger partial charge in [0.2, 0.25) is 0 Å². The van der Waals surface area contributed by atoms with Crippen molar-refractivity contribution < 1.29 is 10.2 Å². The molecule has 0 bridgehead atoms. The van der Waals surface area contributed by atoms with Crippen LogP contribution in [0.4, 0.5) is 0 Å². The minimum absolute atomic E-state index is 0.0880. The number of nitrogens with zero attached hydrogens (tertiary/aromatic N) is 2. The zero-order valence-electron chi connectivity index (χ0n) is 4.87. The van der Waals surface area contributed by atoms with Crippen LogP contribution < -0.4 is 5.72 Å². The van der Waals surface area contributed by atoms with Gasteiger partial charge in [-0.25, -0.2) is 4.98 Å². The van der Waals surface area contributed by atoms with Gasteiger partial charge in [0.05, 0.1) is 5.72 Å². The summed E-state index contributed by atoms with van der Waals surface area (Å²) in [6.45, 7) is 0. The Morgan fingerprint density at radius 1 is 1.56 bits per heavy atom. The van der Waals surface area contributed by atoms with Crippen LogP contribution in [0.2, 0.25) is 0 Å². The summed E-state index contributed by atoms with van der Waals surface area (Å²) in [4.78, 5) is 3.36. The molecule has 2 radical (unpaired) electrons. The Morgan fingerprint density at radius 2 is 2.11 bits per heavy atom. The van der Waals surface area contributed by atoms with Gasteiger partial charge in [0, 0.05) is 7.05 Å². The fraction of sp³-hybridized carbons (Fsp3) is 0.250. The van der Waals surface area contributed by atoms with E-state index >= 15 is 0 Å². The maximum absolute atomic E-state index is 8.80. The van der Waals surface area contributed by atoms with Crippen LogP contribution in [-0.2, 0) is 7.05 Å². The van der Waals surface area contributed by atoms with Crippen molar-refractivity contribution in [1.82, 2.24) is 9.55 Å². The SMILES string of the molecule is [B]c1nc(O)c(O)n1C. The van der Waals surface area contributed by atoms with Crippen LogP contribution in [-0.4, -0.2) is 27.6 Å². The summed E-state index contributed by atoms with van der Waals surface area (Å²) in [5, 5.41) is 17.5. The van der Waals surface area contributed by atoms with Crippen LogP contribution in [0, 0.1) is 0 Å². The van der Waals surface area contributed by atoms with E-state index in [1.807, 2.05) is 0 Å². The first-order chi connectivity index (χ1) is 4.13. The summed E-state index contributed by atoms with van der Waals surface area (Å²) in [6.07, 6.45) is 0. The third-order valence-electron chi connectivity index (χ3n) is 1.08. The lowest BCUT2D eigenvalue weighted by Gasteiger charge is -1.92. The second kappa shape index (κ2) is 1.68. The molecule has 0 saturated carbocycles. The Kier molecular flexibility index (Phi) is 1.12. The van der Waals surface area contributed by atoms with E-state index in [1.165, 1.54) is 11.6 Å². The number of rotatable bonds is 0. The Hall–Kier alpha value is -1.13. The maximum atomic E-state index is 8.80. The average Bonchev–Trinajstić information content (AvgIpc) is 1.98. The van der Waals surface area contributed by atoms with Crippen molar-refractivity contribution >= 4 is 13.6 Å². The van der Waals surface area contributed by atoms with E-state index in [-0.39, 0.29) is 11.6 Å². The smallest absolute Gasteiger partial charge is 0.274 e. The van der Waals surface area contributed by atoms with Gasteiger partial charge < -0.3 is 14.8 Å². The molecular weight excluding hydrogens is 119 g/mol. The molecule has 1 aromatic rings. The molecular formula is C4H5BN2O2. The van der Waals surface area contributed by atoms with Crippen molar-refractivity contribution in [2.45, 2.75) is 0 Å². The second-order valence-electron chi connectivity index (χ2n) is 1.68. The molecule has 2 N–H and O–H groups in total. The molecule has 0 aliphatic rings. The molecule has 0 amide bonds. The van der Waals surface area contributed by atoms with Crippen LogP contribution in [0.3, 0.4) is 0 Å². The summed E-state index contributed by atoms with van der Waals surface area (Å²) >= 11 is 0. The molecule has 46 valence electrons. The van der Waals surface area contributed by atoms with Gasteiger partial charge in [-0.1, -0.05) is 0 Å². The lowest BCUT2D eigenvalue weighted by Crippen LogP contribution is -2.14. The van der Waals surface area contributed by atoms with Gasteiger partial charge in [0.25, 0.3) is 11.8 Å². The van der Waals surface area contributed by atoms with Crippen molar-refractivity contribution in [3.8, 4) is 11.8 Å². The van der Waals surface area contributed by atoms with Crippen LogP contribution in [0.25, 0.3) is 0 Å². The zero-order chi connectivity index (χ0) is 7.02. The van der Waals surface area contributed by atoms with Gasteiger partial charge in [-0.2, -0.15) is 0 Å². The lowest BCUT2D eigenvalue weighted by molar-refractivity contribution is 0.374. The van der Waals surface area contributed by atoms with E-state index in [0.717, 1.165) is 0 Å². The van der Waals surface area contributed by atoms with E-state index in [0.29, 0.717) is 0 Å². The summed E-state index contributed by atoms with van der Waals surface area (Å²) in [6, 6.07) is 0. The third-order valence-corrected chi connectivity index (χ3v) is 1.08. The number of imidazole rings is 1. The molecule has 1 aromatic heterocycles. The fourth-order valence-electron chi connectivity index (χ4n) is 0.492. The van der Waals surface area contributed by atoms with Gasteiger partial charge in [-0.15, -0.1) is 0 Å². The van der Waals surface area contributed by atoms with Crippen LogP contribution >= 0.6 is 0 Å². The topological polar surface area (TPSA) is 58.3 Å². The largest absolute Gasteiger partial charge is 0.491 e. The molecule has 0 aliphatic carbocycles. The van der Waals surface area contributed by atoms with Gasteiger partial charge in [-0.05, 0) is 0 Å². The molecule has 0 spiro atoms. The lowest BCUT2D eigenvalue weighted by atomic mass is 10.1. The van der Waals surface area contributed by atoms with Crippen molar-refractivity contribution in [3.63, 3.8) is 0 Å². The summed E-state index contributed by atoms with van der Waals surface area (Å²) in [5.41, 5.74) is 0.0880. The highest BCUT2D eigenvalue weighted by molar-refractivity contribution is 6.29. The van der Waals surface area contributed by atoms with E-state index in [9.17, 15) is 0 Å². The minimum Gasteiger partial charge on any atom is -0.491 e. The molecule has 0 aromatic carbocycles. The van der Waals surface area contributed by atoms with Crippen LogP contribution in [0.5, 0.6) is 11.8 Å². The van der Waals surface area contributed by atoms with Gasteiger partial charge in [0.15, 0.2) is 7.85 Å². The number of hydrogen-bond acceptors (Lipinski definition) is 3. The van der Waals surface area contributed by atoms with E-state index in [4.69, 9.17) is 18.1 Å². The molecule has 0 atom stereocenters. The molecule has 9 heavy (non-hydrogen) atoms. The van der Waals surface area contributed by atoms with Crippen LogP contribution in [0.1, 0.15) is 0 Å². The van der Waals surface area contributed by atoms with E-state index in [1.54, 1.807) is 0 Å². The highest BCUT2D eigenvalue weighted by atomic mass is 16.3. The summed E-state index contributed by atoms with van der Waals surface area (Å²) in [5.74, 6) is -0.748. The third kappa shape index (κ3) is 0.738. The summed E-state index contributed by atoms with van der Waals surface area (Å²) in [7, 11) is 6.67. The fourth-order valence-corrected chi connectivity index (χ4v) is 0.492. The quantitative estimate of drug-likeness (QED) is 0.419. The molecule has 1 heterocycles. The maximum Gasteiger partial charge on any atom is 0.274 e. The highest BCUT2D eigenvalue weighted by Crippen LogP contribution is 2.17. The Labute approximate surface area is 53.2 Å². The normalized spacial score (nSPS) is 9.89. The van der Waals surface area contributed by atoms with E-state index in [2.05, 4.69) is 4.98 Å². The molecule has 0 unspecified atom stereocenters. The van der Waals surface area contributed by atoms with Crippen molar-refractivity contribution in [3.05, 3.63) is 0 Å². The van der Waals surface area contributed by atoms with Crippen molar-refractivity contribution in [1.29, 1.82) is 0 Å². The minimum atomic E-state index is -0.435. The Morgan fingerprint density at radius 3 is 2.22 bits per heavy atom. The molecule has 0 fully saturated rings. The molecule has 0 aliphatic heterocycles. The molecule has 1 rings (SSSR count). The zero-order valence-corrected chi connectivity index (χ0v) is 4.87. The van der Waals surface area contributed by atoms with Gasteiger partial charge in [-0.3, -0.25) is 0 Å². The molecule has 5 heteroatoms. The summed E-state index contributed by atoms with van der Waals surface area (Å²) < 4.78 is 1.18. The highest BCUT2D eigenvalue weighted by Gasteiger charge is 2.06. The molecule has 4 nitrogen and oxygen atoms in total. The Balaban J connectivity index is 3.29. The van der Waals surface area contributed by atoms with E-state index < -0.39 is 5.88 Å².